The number of carbonyl (C=O) groups is 1. The zero-order valence-electron chi connectivity index (χ0n) is 9.72. The van der Waals surface area contributed by atoms with Crippen LogP contribution >= 0.6 is 0 Å². The number of Topliss-reactive ketones (excluding diaryl/α,β-unsaturated/α-hetero) is 1. The first kappa shape index (κ1) is 13.8. The van der Waals surface area contributed by atoms with Gasteiger partial charge in [0.05, 0.1) is 5.56 Å². The van der Waals surface area contributed by atoms with Crippen LogP contribution in [0.25, 0.3) is 0 Å². The summed E-state index contributed by atoms with van der Waals surface area (Å²) in [5.74, 6) is -2.03. The normalized spacial score (nSPS) is 10.5. The average molecular weight is 241 g/mol. The second kappa shape index (κ2) is 7.12. The van der Waals surface area contributed by atoms with Crippen LogP contribution in [0.3, 0.4) is 0 Å². The van der Waals surface area contributed by atoms with Gasteiger partial charge in [-0.3, -0.25) is 4.79 Å². The van der Waals surface area contributed by atoms with Crippen LogP contribution in [0.1, 0.15) is 42.5 Å². The lowest BCUT2D eigenvalue weighted by Gasteiger charge is -2.04. The van der Waals surface area contributed by atoms with Crippen molar-refractivity contribution in [1.82, 2.24) is 0 Å². The summed E-state index contributed by atoms with van der Waals surface area (Å²) in [6.07, 6.45) is 3.56. The third-order valence-electron chi connectivity index (χ3n) is 2.60. The van der Waals surface area contributed by atoms with E-state index in [1.165, 1.54) is 6.07 Å². The number of halogens is 2. The van der Waals surface area contributed by atoms with E-state index in [2.05, 4.69) is 0 Å². The van der Waals surface area contributed by atoms with Gasteiger partial charge in [0.1, 0.15) is 11.6 Å². The van der Waals surface area contributed by atoms with Crippen LogP contribution in [-0.4, -0.2) is 12.3 Å². The molecular formula is C13H17F2NO. The molecule has 0 radical (unpaired) electrons. The van der Waals surface area contributed by atoms with E-state index in [0.717, 1.165) is 31.4 Å². The van der Waals surface area contributed by atoms with E-state index in [-0.39, 0.29) is 6.42 Å². The fourth-order valence-corrected chi connectivity index (χ4v) is 1.67. The quantitative estimate of drug-likeness (QED) is 0.589. The lowest BCUT2D eigenvalue weighted by molar-refractivity contribution is 0.0971. The van der Waals surface area contributed by atoms with E-state index in [1.54, 1.807) is 0 Å². The number of hydrogen-bond acceptors (Lipinski definition) is 2. The number of nitrogens with two attached hydrogens (primary N) is 1. The maximum atomic E-state index is 13.3. The fourth-order valence-electron chi connectivity index (χ4n) is 1.67. The fraction of sp³-hybridized carbons (Fsp3) is 0.462. The predicted octanol–water partition coefficient (Wildman–Crippen LogP) is 3.06. The topological polar surface area (TPSA) is 43.1 Å². The standard InChI is InChI=1S/C13H17F2NO/c14-10-6-5-7-11(15)13(10)12(17)8-3-1-2-4-9-16/h5-7H,1-4,8-9,16H2. The van der Waals surface area contributed by atoms with Gasteiger partial charge in [-0.25, -0.2) is 8.78 Å². The molecule has 0 bridgehead atoms. The number of carbonyl (C=O) groups excluding carboxylic acids is 1. The highest BCUT2D eigenvalue weighted by Gasteiger charge is 2.15. The predicted molar refractivity (Wildman–Crippen MR) is 62.8 cm³/mol. The molecule has 0 amide bonds. The van der Waals surface area contributed by atoms with Gasteiger partial charge in [0, 0.05) is 6.42 Å². The molecule has 0 atom stereocenters. The van der Waals surface area contributed by atoms with Crippen molar-refractivity contribution < 1.29 is 13.6 Å². The molecule has 4 heteroatoms. The van der Waals surface area contributed by atoms with E-state index in [9.17, 15) is 13.6 Å². The number of unbranched alkanes of at least 4 members (excludes halogenated alkanes) is 3. The molecule has 0 saturated heterocycles. The first-order chi connectivity index (χ1) is 8.16. The highest BCUT2D eigenvalue weighted by Crippen LogP contribution is 2.16. The van der Waals surface area contributed by atoms with Crippen LogP contribution < -0.4 is 5.73 Å². The van der Waals surface area contributed by atoms with Gasteiger partial charge in [0.25, 0.3) is 0 Å². The summed E-state index contributed by atoms with van der Waals surface area (Å²) in [5.41, 5.74) is 4.92. The van der Waals surface area contributed by atoms with Crippen molar-refractivity contribution in [3.8, 4) is 0 Å². The summed E-state index contributed by atoms with van der Waals surface area (Å²) in [7, 11) is 0. The Labute approximate surface area is 99.8 Å². The lowest BCUT2D eigenvalue weighted by Crippen LogP contribution is -2.06. The van der Waals surface area contributed by atoms with Gasteiger partial charge in [-0.2, -0.15) is 0 Å². The minimum Gasteiger partial charge on any atom is -0.330 e. The Bertz CT molecular complexity index is 359. The van der Waals surface area contributed by atoms with Crippen LogP contribution in [0.5, 0.6) is 0 Å². The Morgan fingerprint density at radius 3 is 2.24 bits per heavy atom. The Hall–Kier alpha value is -1.29. The van der Waals surface area contributed by atoms with Crippen molar-refractivity contribution in [3.63, 3.8) is 0 Å². The monoisotopic (exact) mass is 241 g/mol. The minimum atomic E-state index is -0.781. The number of hydrogen-bond donors (Lipinski definition) is 1. The zero-order valence-corrected chi connectivity index (χ0v) is 9.72. The van der Waals surface area contributed by atoms with Crippen LogP contribution in [-0.2, 0) is 0 Å². The molecule has 1 rings (SSSR count). The molecule has 0 aromatic heterocycles. The third kappa shape index (κ3) is 4.23. The van der Waals surface area contributed by atoms with Crippen molar-refractivity contribution in [2.75, 3.05) is 6.54 Å². The van der Waals surface area contributed by atoms with Gasteiger partial charge >= 0.3 is 0 Å². The zero-order chi connectivity index (χ0) is 12.7. The van der Waals surface area contributed by atoms with Gasteiger partial charge in [-0.15, -0.1) is 0 Å². The molecular weight excluding hydrogens is 224 g/mol. The van der Waals surface area contributed by atoms with Crippen LogP contribution in [0, 0.1) is 11.6 Å². The van der Waals surface area contributed by atoms with E-state index in [4.69, 9.17) is 5.73 Å². The van der Waals surface area contributed by atoms with Crippen LogP contribution in [0.15, 0.2) is 18.2 Å². The lowest BCUT2D eigenvalue weighted by atomic mass is 10.0. The Morgan fingerprint density at radius 2 is 1.65 bits per heavy atom. The highest BCUT2D eigenvalue weighted by atomic mass is 19.1. The van der Waals surface area contributed by atoms with E-state index >= 15 is 0 Å². The number of rotatable bonds is 7. The van der Waals surface area contributed by atoms with E-state index in [1.807, 2.05) is 0 Å². The first-order valence-corrected chi connectivity index (χ1v) is 5.84. The van der Waals surface area contributed by atoms with Gasteiger partial charge in [-0.05, 0) is 31.5 Å². The molecule has 0 saturated carbocycles. The molecule has 2 N–H and O–H groups in total. The Balaban J connectivity index is 2.47. The third-order valence-corrected chi connectivity index (χ3v) is 2.60. The van der Waals surface area contributed by atoms with E-state index < -0.39 is 23.0 Å². The number of benzene rings is 1. The largest absolute Gasteiger partial charge is 0.330 e. The number of ketones is 1. The molecule has 0 aliphatic carbocycles. The summed E-state index contributed by atoms with van der Waals surface area (Å²) in [6, 6.07) is 3.46. The van der Waals surface area contributed by atoms with Crippen LogP contribution in [0.4, 0.5) is 8.78 Å². The smallest absolute Gasteiger partial charge is 0.168 e. The maximum absolute atomic E-state index is 13.3. The molecule has 0 unspecified atom stereocenters. The molecule has 94 valence electrons. The maximum Gasteiger partial charge on any atom is 0.168 e. The highest BCUT2D eigenvalue weighted by molar-refractivity contribution is 5.96. The SMILES string of the molecule is NCCCCCCC(=O)c1c(F)cccc1F. The molecule has 2 nitrogen and oxygen atoms in total. The second-order valence-electron chi connectivity index (χ2n) is 3.97. The molecule has 0 heterocycles. The Kier molecular flexibility index (Phi) is 5.77. The second-order valence-corrected chi connectivity index (χ2v) is 3.97. The Morgan fingerprint density at radius 1 is 1.06 bits per heavy atom. The molecule has 17 heavy (non-hydrogen) atoms. The van der Waals surface area contributed by atoms with Gasteiger partial charge in [0.2, 0.25) is 0 Å². The van der Waals surface area contributed by atoms with Crippen molar-refractivity contribution in [2.45, 2.75) is 32.1 Å². The summed E-state index contributed by atoms with van der Waals surface area (Å²) < 4.78 is 26.5. The minimum absolute atomic E-state index is 0.183. The summed E-state index contributed by atoms with van der Waals surface area (Å²) in [4.78, 5) is 11.6. The molecule has 0 fully saturated rings. The first-order valence-electron chi connectivity index (χ1n) is 5.84. The molecule has 1 aromatic carbocycles. The van der Waals surface area contributed by atoms with Crippen molar-refractivity contribution in [3.05, 3.63) is 35.4 Å². The summed E-state index contributed by atoms with van der Waals surface area (Å²) >= 11 is 0. The van der Waals surface area contributed by atoms with Gasteiger partial charge in [0.15, 0.2) is 5.78 Å². The molecule has 0 aliphatic heterocycles. The molecule has 1 aromatic rings. The summed E-state index contributed by atoms with van der Waals surface area (Å²) in [6.45, 7) is 0.635. The van der Waals surface area contributed by atoms with E-state index in [0.29, 0.717) is 13.0 Å². The van der Waals surface area contributed by atoms with Crippen molar-refractivity contribution in [2.24, 2.45) is 5.73 Å². The van der Waals surface area contributed by atoms with Crippen molar-refractivity contribution in [1.29, 1.82) is 0 Å². The van der Waals surface area contributed by atoms with Crippen LogP contribution in [0.2, 0.25) is 0 Å². The van der Waals surface area contributed by atoms with Gasteiger partial charge < -0.3 is 5.73 Å². The molecule has 0 spiro atoms. The summed E-state index contributed by atoms with van der Waals surface area (Å²) in [5, 5.41) is 0. The van der Waals surface area contributed by atoms with Gasteiger partial charge in [-0.1, -0.05) is 18.9 Å². The van der Waals surface area contributed by atoms with Crippen molar-refractivity contribution >= 4 is 5.78 Å². The average Bonchev–Trinajstić information content (AvgIpc) is 2.28. The molecule has 0 aliphatic rings.